The Labute approximate surface area is 150 Å². The van der Waals surface area contributed by atoms with Gasteiger partial charge < -0.3 is 4.74 Å². The zero-order valence-corrected chi connectivity index (χ0v) is 15.6. The van der Waals surface area contributed by atoms with Gasteiger partial charge in [0.2, 0.25) is 0 Å². The molecule has 6 heteroatoms. The lowest BCUT2D eigenvalue weighted by Gasteiger charge is -2.07. The molecule has 0 atom stereocenters. The van der Waals surface area contributed by atoms with Crippen LogP contribution in [0.15, 0.2) is 0 Å². The van der Waals surface area contributed by atoms with Crippen molar-refractivity contribution in [3.8, 4) is 0 Å². The number of hydrogen-bond acceptors (Lipinski definition) is 3. The second-order valence-electron chi connectivity index (χ2n) is 6.31. The van der Waals surface area contributed by atoms with Crippen LogP contribution in [-0.2, 0) is 9.53 Å². The number of carbonyl (C=O) groups excluding carboxylic acids is 1. The molecular formula is C18H33F3O2S. The van der Waals surface area contributed by atoms with E-state index in [9.17, 15) is 18.0 Å². The van der Waals surface area contributed by atoms with E-state index in [1.54, 1.807) is 0 Å². The van der Waals surface area contributed by atoms with Gasteiger partial charge in [-0.2, -0.15) is 25.8 Å². The molecular weight excluding hydrogens is 337 g/mol. The van der Waals surface area contributed by atoms with Gasteiger partial charge in [-0.25, -0.2) is 4.79 Å². The van der Waals surface area contributed by atoms with Crippen molar-refractivity contribution in [3.05, 3.63) is 0 Å². The summed E-state index contributed by atoms with van der Waals surface area (Å²) in [7, 11) is 0. The molecule has 2 nitrogen and oxygen atoms in total. The minimum absolute atomic E-state index is 0.133. The summed E-state index contributed by atoms with van der Waals surface area (Å²) in [5.41, 5.74) is 0. The Morgan fingerprint density at radius 1 is 0.667 bits per heavy atom. The van der Waals surface area contributed by atoms with Crippen molar-refractivity contribution in [1.29, 1.82) is 0 Å². The summed E-state index contributed by atoms with van der Waals surface area (Å²) in [6, 6.07) is 0. The molecule has 0 aromatic carbocycles. The Balaban J connectivity index is 3.12. The molecule has 24 heavy (non-hydrogen) atoms. The average molecular weight is 371 g/mol. The van der Waals surface area contributed by atoms with Gasteiger partial charge in [-0.3, -0.25) is 0 Å². The smallest absolute Gasteiger partial charge is 0.459 e. The molecule has 0 amide bonds. The highest BCUT2D eigenvalue weighted by molar-refractivity contribution is 7.80. The van der Waals surface area contributed by atoms with Gasteiger partial charge in [0.1, 0.15) is 0 Å². The number of alkyl halides is 3. The zero-order valence-electron chi connectivity index (χ0n) is 14.7. The molecule has 0 unspecified atom stereocenters. The van der Waals surface area contributed by atoms with Crippen LogP contribution in [0, 0.1) is 0 Å². The molecule has 0 heterocycles. The summed E-state index contributed by atoms with van der Waals surface area (Å²) >= 11 is 4.20. The van der Waals surface area contributed by atoms with Crippen molar-refractivity contribution < 1.29 is 22.7 Å². The van der Waals surface area contributed by atoms with E-state index in [1.807, 2.05) is 0 Å². The molecule has 0 bridgehead atoms. The predicted molar refractivity (Wildman–Crippen MR) is 95.5 cm³/mol. The summed E-state index contributed by atoms with van der Waals surface area (Å²) in [5.74, 6) is -1.08. The van der Waals surface area contributed by atoms with Crippen LogP contribution in [0.25, 0.3) is 0 Å². The highest BCUT2D eigenvalue weighted by atomic mass is 32.1. The summed E-state index contributed by atoms with van der Waals surface area (Å²) in [6.07, 6.45) is 11.4. The molecule has 0 rings (SSSR count). The Hall–Kier alpha value is -0.390. The molecule has 0 aromatic rings. The molecule has 0 saturated heterocycles. The van der Waals surface area contributed by atoms with Gasteiger partial charge in [0.25, 0.3) is 0 Å². The molecule has 0 aliphatic heterocycles. The number of thiol groups is 1. The molecule has 0 aromatic heterocycles. The van der Waals surface area contributed by atoms with Crippen molar-refractivity contribution in [1.82, 2.24) is 0 Å². The molecule has 0 aliphatic carbocycles. The highest BCUT2D eigenvalue weighted by Crippen LogP contribution is 2.17. The lowest BCUT2D eigenvalue weighted by molar-refractivity contribution is -0.199. The summed E-state index contributed by atoms with van der Waals surface area (Å²) in [5, 5.41) is 0. The molecule has 0 spiro atoms. The summed E-state index contributed by atoms with van der Waals surface area (Å²) in [4.78, 5) is 10.5. The van der Waals surface area contributed by atoms with E-state index in [0.717, 1.165) is 25.0 Å². The predicted octanol–water partition coefficient (Wildman–Crippen LogP) is 6.48. The first-order chi connectivity index (χ1) is 11.5. The normalized spacial score (nSPS) is 11.7. The lowest BCUT2D eigenvalue weighted by atomic mass is 10.0. The van der Waals surface area contributed by atoms with E-state index in [1.165, 1.54) is 64.2 Å². The third-order valence-corrected chi connectivity index (χ3v) is 4.33. The second kappa shape index (κ2) is 16.1. The maximum absolute atomic E-state index is 11.9. The topological polar surface area (TPSA) is 26.3 Å². The van der Waals surface area contributed by atoms with Crippen molar-refractivity contribution in [2.75, 3.05) is 12.4 Å². The SMILES string of the molecule is O=C(OCCCCCCCCCCCCCCCCS)C(F)(F)F. The van der Waals surface area contributed by atoms with Crippen molar-refractivity contribution in [3.63, 3.8) is 0 Å². The number of unbranched alkanes of at least 4 members (excludes halogenated alkanes) is 13. The van der Waals surface area contributed by atoms with Gasteiger partial charge in [-0.05, 0) is 18.6 Å². The quantitative estimate of drug-likeness (QED) is 0.191. The van der Waals surface area contributed by atoms with Crippen molar-refractivity contribution in [2.45, 2.75) is 96.1 Å². The van der Waals surface area contributed by atoms with Crippen LogP contribution in [0.4, 0.5) is 13.2 Å². The van der Waals surface area contributed by atoms with Crippen LogP contribution in [0.2, 0.25) is 0 Å². The molecule has 0 radical (unpaired) electrons. The van der Waals surface area contributed by atoms with Crippen molar-refractivity contribution in [2.24, 2.45) is 0 Å². The Morgan fingerprint density at radius 2 is 1.00 bits per heavy atom. The van der Waals surface area contributed by atoms with Crippen LogP contribution in [0.3, 0.4) is 0 Å². The fraction of sp³-hybridized carbons (Fsp3) is 0.944. The fourth-order valence-electron chi connectivity index (χ4n) is 2.58. The largest absolute Gasteiger partial charge is 0.490 e. The zero-order chi connectivity index (χ0) is 18.1. The van der Waals surface area contributed by atoms with Gasteiger partial charge in [0.15, 0.2) is 0 Å². The molecule has 144 valence electrons. The van der Waals surface area contributed by atoms with Crippen molar-refractivity contribution >= 4 is 18.6 Å². The van der Waals surface area contributed by atoms with E-state index in [-0.39, 0.29) is 6.61 Å². The minimum atomic E-state index is -4.87. The molecule has 0 aliphatic rings. The van der Waals surface area contributed by atoms with Gasteiger partial charge >= 0.3 is 12.1 Å². The molecule has 0 saturated carbocycles. The number of ether oxygens (including phenoxy) is 1. The van der Waals surface area contributed by atoms with Gasteiger partial charge in [-0.15, -0.1) is 0 Å². The first-order valence-corrected chi connectivity index (χ1v) is 9.96. The number of esters is 1. The number of rotatable bonds is 16. The first-order valence-electron chi connectivity index (χ1n) is 9.33. The van der Waals surface area contributed by atoms with Gasteiger partial charge in [0.05, 0.1) is 6.61 Å². The second-order valence-corrected chi connectivity index (χ2v) is 6.75. The van der Waals surface area contributed by atoms with E-state index in [2.05, 4.69) is 17.4 Å². The maximum atomic E-state index is 11.9. The maximum Gasteiger partial charge on any atom is 0.490 e. The Bertz CT molecular complexity index is 296. The fourth-order valence-corrected chi connectivity index (χ4v) is 2.81. The standard InChI is InChI=1S/C18H33F3O2S/c19-18(20,21)17(22)23-15-13-11-9-7-5-3-1-2-4-6-8-10-12-14-16-24/h24H,1-16H2. The Morgan fingerprint density at radius 3 is 1.33 bits per heavy atom. The van der Waals surface area contributed by atoms with Crippen LogP contribution < -0.4 is 0 Å². The third-order valence-electron chi connectivity index (χ3n) is 4.02. The van der Waals surface area contributed by atoms with Crippen LogP contribution in [0.1, 0.15) is 89.9 Å². The lowest BCUT2D eigenvalue weighted by Crippen LogP contribution is -2.25. The highest BCUT2D eigenvalue weighted by Gasteiger charge is 2.40. The van der Waals surface area contributed by atoms with Crippen LogP contribution >= 0.6 is 12.6 Å². The van der Waals surface area contributed by atoms with E-state index < -0.39 is 12.1 Å². The Kier molecular flexibility index (Phi) is 15.8. The first kappa shape index (κ1) is 23.6. The van der Waals surface area contributed by atoms with Crippen LogP contribution in [-0.4, -0.2) is 24.5 Å². The van der Waals surface area contributed by atoms with Crippen LogP contribution in [0.5, 0.6) is 0 Å². The number of halogens is 3. The number of carbonyl (C=O) groups is 1. The minimum Gasteiger partial charge on any atom is -0.459 e. The van der Waals surface area contributed by atoms with E-state index >= 15 is 0 Å². The third kappa shape index (κ3) is 16.5. The number of hydrogen-bond donors (Lipinski definition) is 1. The summed E-state index contributed by atoms with van der Waals surface area (Å²) in [6.45, 7) is -0.133. The van der Waals surface area contributed by atoms with Gasteiger partial charge in [-0.1, -0.05) is 77.0 Å². The monoisotopic (exact) mass is 370 g/mol. The van der Waals surface area contributed by atoms with E-state index in [0.29, 0.717) is 6.42 Å². The summed E-state index contributed by atoms with van der Waals surface area (Å²) < 4.78 is 39.8. The average Bonchev–Trinajstić information content (AvgIpc) is 2.53. The van der Waals surface area contributed by atoms with Gasteiger partial charge in [0, 0.05) is 0 Å². The molecule has 0 N–H and O–H groups in total. The molecule has 0 fully saturated rings. The van der Waals surface area contributed by atoms with E-state index in [4.69, 9.17) is 0 Å².